The molecule has 14 heavy (non-hydrogen) atoms. The summed E-state index contributed by atoms with van der Waals surface area (Å²) in [4.78, 5) is 0. The van der Waals surface area contributed by atoms with Crippen LogP contribution in [0.25, 0.3) is 0 Å². The number of rotatable bonds is 1. The van der Waals surface area contributed by atoms with Crippen molar-refractivity contribution < 1.29 is 18.6 Å². The maximum absolute atomic E-state index is 13.5. The van der Waals surface area contributed by atoms with E-state index in [-0.39, 0.29) is 29.6 Å². The van der Waals surface area contributed by atoms with E-state index >= 15 is 0 Å². The molecule has 0 aromatic heterocycles. The number of hydrogen-bond acceptors (Lipinski definition) is 4. The Hall–Kier alpha value is -1.96. The van der Waals surface area contributed by atoms with E-state index in [1.165, 1.54) is 13.2 Å². The van der Waals surface area contributed by atoms with Gasteiger partial charge in [0.1, 0.15) is 11.6 Å². The lowest BCUT2D eigenvalue weighted by Crippen LogP contribution is -1.95. The van der Waals surface area contributed by atoms with E-state index in [1.807, 2.05) is 6.07 Å². The van der Waals surface area contributed by atoms with Crippen molar-refractivity contribution in [3.05, 3.63) is 17.4 Å². The molecule has 0 bridgehead atoms. The first-order valence-electron chi connectivity index (χ1n) is 3.84. The third-order valence-corrected chi connectivity index (χ3v) is 1.88. The van der Waals surface area contributed by atoms with Crippen LogP contribution in [0.3, 0.4) is 0 Å². The molecule has 1 aliphatic rings. The number of fused-ring (bicyclic) bond motifs is 1. The zero-order chi connectivity index (χ0) is 10.1. The molecule has 0 unspecified atom stereocenters. The summed E-state index contributed by atoms with van der Waals surface area (Å²) >= 11 is 0. The topological polar surface area (TPSA) is 51.5 Å². The summed E-state index contributed by atoms with van der Waals surface area (Å²) in [5.74, 6) is -0.573. The molecule has 0 radical (unpaired) electrons. The summed E-state index contributed by atoms with van der Waals surface area (Å²) in [5.41, 5.74) is 0.0919. The van der Waals surface area contributed by atoms with Gasteiger partial charge in [-0.05, 0) is 0 Å². The summed E-state index contributed by atoms with van der Waals surface area (Å²) in [6.45, 7) is -0.0374. The maximum Gasteiger partial charge on any atom is 0.231 e. The van der Waals surface area contributed by atoms with Gasteiger partial charge in [0.15, 0.2) is 11.5 Å². The molecule has 0 aliphatic carbocycles. The largest absolute Gasteiger partial charge is 0.492 e. The summed E-state index contributed by atoms with van der Waals surface area (Å²) in [5, 5.41) is 8.71. The van der Waals surface area contributed by atoms with Crippen molar-refractivity contribution in [2.75, 3.05) is 13.9 Å². The minimum atomic E-state index is -0.695. The van der Waals surface area contributed by atoms with Gasteiger partial charge in [0, 0.05) is 6.07 Å². The van der Waals surface area contributed by atoms with Crippen molar-refractivity contribution in [2.24, 2.45) is 0 Å². The van der Waals surface area contributed by atoms with Crippen LogP contribution in [-0.4, -0.2) is 13.9 Å². The highest BCUT2D eigenvalue weighted by molar-refractivity contribution is 5.57. The number of methoxy groups -OCH3 is 1. The highest BCUT2D eigenvalue weighted by Crippen LogP contribution is 2.41. The molecule has 0 saturated heterocycles. The molecule has 0 spiro atoms. The van der Waals surface area contributed by atoms with Gasteiger partial charge in [0.2, 0.25) is 18.4 Å². The normalized spacial score (nSPS) is 12.4. The minimum Gasteiger partial charge on any atom is -0.492 e. The molecule has 1 aromatic carbocycles. The monoisotopic (exact) mass is 195 g/mol. The Morgan fingerprint density at radius 3 is 3.00 bits per heavy atom. The average molecular weight is 195 g/mol. The van der Waals surface area contributed by atoms with Crippen LogP contribution in [0.15, 0.2) is 6.07 Å². The number of ether oxygens (including phenoxy) is 3. The standard InChI is InChI=1S/C9H6FNO3/c1-12-8-5(3-11)2-6-9(7(8)10)14-4-13-6/h2H,4H2,1H3. The molecule has 0 amide bonds. The molecule has 1 aliphatic heterocycles. The molecular formula is C9H6FNO3. The highest BCUT2D eigenvalue weighted by atomic mass is 19.1. The van der Waals surface area contributed by atoms with Crippen LogP contribution < -0.4 is 14.2 Å². The summed E-state index contributed by atoms with van der Waals surface area (Å²) in [7, 11) is 1.29. The van der Waals surface area contributed by atoms with Crippen molar-refractivity contribution in [3.63, 3.8) is 0 Å². The van der Waals surface area contributed by atoms with Crippen molar-refractivity contribution in [3.8, 4) is 23.3 Å². The molecular weight excluding hydrogens is 189 g/mol. The second kappa shape index (κ2) is 3.07. The molecule has 0 N–H and O–H groups in total. The number of benzene rings is 1. The van der Waals surface area contributed by atoms with Gasteiger partial charge in [-0.25, -0.2) is 0 Å². The van der Waals surface area contributed by atoms with Gasteiger partial charge in [-0.15, -0.1) is 0 Å². The van der Waals surface area contributed by atoms with Gasteiger partial charge in [0.05, 0.1) is 7.11 Å². The fourth-order valence-electron chi connectivity index (χ4n) is 1.27. The van der Waals surface area contributed by atoms with Gasteiger partial charge in [0.25, 0.3) is 0 Å². The van der Waals surface area contributed by atoms with Crippen LogP contribution in [0.5, 0.6) is 17.2 Å². The van der Waals surface area contributed by atoms with Crippen LogP contribution in [-0.2, 0) is 0 Å². The molecule has 4 nitrogen and oxygen atoms in total. The van der Waals surface area contributed by atoms with E-state index in [0.29, 0.717) is 0 Å². The van der Waals surface area contributed by atoms with Crippen LogP contribution in [0.2, 0.25) is 0 Å². The first kappa shape index (κ1) is 8.63. The highest BCUT2D eigenvalue weighted by Gasteiger charge is 2.25. The molecule has 1 aromatic rings. The van der Waals surface area contributed by atoms with E-state index in [2.05, 4.69) is 0 Å². The molecule has 72 valence electrons. The van der Waals surface area contributed by atoms with Crippen molar-refractivity contribution in [1.29, 1.82) is 5.26 Å². The van der Waals surface area contributed by atoms with E-state index in [0.717, 1.165) is 0 Å². The maximum atomic E-state index is 13.5. The van der Waals surface area contributed by atoms with Gasteiger partial charge >= 0.3 is 0 Å². The third kappa shape index (κ3) is 1.04. The molecule has 1 heterocycles. The van der Waals surface area contributed by atoms with Crippen LogP contribution in [0.4, 0.5) is 4.39 Å². The Bertz CT molecular complexity index is 425. The predicted molar refractivity (Wildman–Crippen MR) is 43.8 cm³/mol. The van der Waals surface area contributed by atoms with Gasteiger partial charge < -0.3 is 14.2 Å². The summed E-state index contributed by atoms with van der Waals surface area (Å²) in [6.07, 6.45) is 0. The van der Waals surface area contributed by atoms with Crippen molar-refractivity contribution in [1.82, 2.24) is 0 Å². The minimum absolute atomic E-state index is 0.000787. The number of nitriles is 1. The van der Waals surface area contributed by atoms with Gasteiger partial charge in [-0.3, -0.25) is 0 Å². The Balaban J connectivity index is 2.67. The molecule has 2 rings (SSSR count). The van der Waals surface area contributed by atoms with Gasteiger partial charge in [-0.1, -0.05) is 0 Å². The molecule has 0 atom stereocenters. The molecule has 0 fully saturated rings. The Morgan fingerprint density at radius 2 is 2.36 bits per heavy atom. The van der Waals surface area contributed by atoms with Crippen molar-refractivity contribution in [2.45, 2.75) is 0 Å². The quantitative estimate of drug-likeness (QED) is 0.680. The Kier molecular flexibility index (Phi) is 1.89. The average Bonchev–Trinajstić information content (AvgIpc) is 2.65. The van der Waals surface area contributed by atoms with Crippen LogP contribution in [0, 0.1) is 17.1 Å². The molecule has 5 heteroatoms. The molecule has 0 saturated carbocycles. The predicted octanol–water partition coefficient (Wildman–Crippen LogP) is 1.43. The van der Waals surface area contributed by atoms with E-state index in [4.69, 9.17) is 19.5 Å². The summed E-state index contributed by atoms with van der Waals surface area (Å²) in [6, 6.07) is 3.21. The summed E-state index contributed by atoms with van der Waals surface area (Å²) < 4.78 is 28.1. The Labute approximate surface area is 79.4 Å². The lowest BCUT2D eigenvalue weighted by atomic mass is 10.2. The van der Waals surface area contributed by atoms with E-state index in [9.17, 15) is 4.39 Å². The first-order chi connectivity index (χ1) is 6.77. The smallest absolute Gasteiger partial charge is 0.231 e. The fourth-order valence-corrected chi connectivity index (χ4v) is 1.27. The SMILES string of the molecule is COc1c(C#N)cc2c(c1F)OCO2. The fraction of sp³-hybridized carbons (Fsp3) is 0.222. The number of nitrogens with zero attached hydrogens (tertiary/aromatic N) is 1. The second-order valence-electron chi connectivity index (χ2n) is 2.62. The van der Waals surface area contributed by atoms with Gasteiger partial charge in [-0.2, -0.15) is 9.65 Å². The van der Waals surface area contributed by atoms with Crippen LogP contribution in [0.1, 0.15) is 5.56 Å². The lowest BCUT2D eigenvalue weighted by Gasteiger charge is -2.05. The van der Waals surface area contributed by atoms with E-state index < -0.39 is 5.82 Å². The first-order valence-corrected chi connectivity index (χ1v) is 3.84. The number of hydrogen-bond donors (Lipinski definition) is 0. The second-order valence-corrected chi connectivity index (χ2v) is 2.62. The van der Waals surface area contributed by atoms with Crippen LogP contribution >= 0.6 is 0 Å². The number of halogens is 1. The zero-order valence-electron chi connectivity index (χ0n) is 7.33. The van der Waals surface area contributed by atoms with Crippen molar-refractivity contribution >= 4 is 0 Å². The zero-order valence-corrected chi connectivity index (χ0v) is 7.33. The third-order valence-electron chi connectivity index (χ3n) is 1.88. The Morgan fingerprint density at radius 1 is 1.57 bits per heavy atom. The van der Waals surface area contributed by atoms with E-state index in [1.54, 1.807) is 0 Å². The lowest BCUT2D eigenvalue weighted by molar-refractivity contribution is 0.170.